The number of pyridine rings is 1. The summed E-state index contributed by atoms with van der Waals surface area (Å²) in [5.74, 6) is -0.109. The van der Waals surface area contributed by atoms with Crippen LogP contribution in [-0.4, -0.2) is 30.0 Å². The zero-order valence-electron chi connectivity index (χ0n) is 11.7. The predicted octanol–water partition coefficient (Wildman–Crippen LogP) is 2.45. The Morgan fingerprint density at radius 2 is 2.10 bits per heavy atom. The quantitative estimate of drug-likeness (QED) is 0.905. The number of rotatable bonds is 5. The molecule has 4 nitrogen and oxygen atoms in total. The van der Waals surface area contributed by atoms with E-state index in [1.165, 1.54) is 4.90 Å². The average Bonchev–Trinajstić information content (AvgIpc) is 2.34. The summed E-state index contributed by atoms with van der Waals surface area (Å²) in [5.41, 5.74) is -0.773. The summed E-state index contributed by atoms with van der Waals surface area (Å²) in [4.78, 5) is 17.1. The molecule has 0 atom stereocenters. The Hall–Kier alpha value is -1.79. The van der Waals surface area contributed by atoms with Crippen molar-refractivity contribution in [2.75, 3.05) is 18.0 Å². The zero-order chi connectivity index (χ0) is 15.3. The van der Waals surface area contributed by atoms with Crippen LogP contribution in [-0.2, 0) is 11.0 Å². The Morgan fingerprint density at radius 1 is 1.45 bits per heavy atom. The zero-order valence-corrected chi connectivity index (χ0v) is 11.7. The summed E-state index contributed by atoms with van der Waals surface area (Å²) in [5, 5.41) is 2.69. The largest absolute Gasteiger partial charge is 0.416 e. The summed E-state index contributed by atoms with van der Waals surface area (Å²) in [6.07, 6.45) is -3.32. The number of amides is 1. The normalized spacial score (nSPS) is 11.6. The van der Waals surface area contributed by atoms with Crippen LogP contribution in [0.3, 0.4) is 0 Å². The smallest absolute Gasteiger partial charge is 0.352 e. The van der Waals surface area contributed by atoms with Gasteiger partial charge in [0.25, 0.3) is 0 Å². The predicted molar refractivity (Wildman–Crippen MR) is 70.4 cm³/mol. The SMILES string of the molecule is CCN(CC(=O)NC(C)C)c1cc(C(F)(F)F)ccn1. The van der Waals surface area contributed by atoms with Gasteiger partial charge in [0.1, 0.15) is 5.82 Å². The van der Waals surface area contributed by atoms with E-state index in [4.69, 9.17) is 0 Å². The molecule has 0 aliphatic heterocycles. The van der Waals surface area contributed by atoms with E-state index in [-0.39, 0.29) is 24.3 Å². The van der Waals surface area contributed by atoms with Crippen LogP contribution in [0.15, 0.2) is 18.3 Å². The topological polar surface area (TPSA) is 45.2 Å². The molecule has 20 heavy (non-hydrogen) atoms. The fraction of sp³-hybridized carbons (Fsp3) is 0.538. The van der Waals surface area contributed by atoms with Crippen LogP contribution in [0.5, 0.6) is 0 Å². The molecule has 1 amide bonds. The molecular formula is C13H18F3N3O. The number of hydrogen-bond acceptors (Lipinski definition) is 3. The van der Waals surface area contributed by atoms with Gasteiger partial charge in [0, 0.05) is 18.8 Å². The minimum Gasteiger partial charge on any atom is -0.352 e. The molecule has 0 radical (unpaired) electrons. The third-order valence-electron chi connectivity index (χ3n) is 2.56. The van der Waals surface area contributed by atoms with Crippen molar-refractivity contribution in [3.8, 4) is 0 Å². The Labute approximate surface area is 116 Å². The van der Waals surface area contributed by atoms with Gasteiger partial charge in [-0.2, -0.15) is 13.2 Å². The van der Waals surface area contributed by atoms with Gasteiger partial charge in [-0.25, -0.2) is 4.98 Å². The number of nitrogens with zero attached hydrogens (tertiary/aromatic N) is 2. The van der Waals surface area contributed by atoms with Crippen LogP contribution in [0.1, 0.15) is 26.3 Å². The van der Waals surface area contributed by atoms with Gasteiger partial charge < -0.3 is 10.2 Å². The standard InChI is InChI=1S/C13H18F3N3O/c1-4-19(8-12(20)18-9(2)3)11-7-10(5-6-17-11)13(14,15)16/h5-7,9H,4,8H2,1-3H3,(H,18,20). The average molecular weight is 289 g/mol. The second-order valence-corrected chi connectivity index (χ2v) is 4.64. The third-order valence-corrected chi connectivity index (χ3v) is 2.56. The van der Waals surface area contributed by atoms with E-state index >= 15 is 0 Å². The van der Waals surface area contributed by atoms with Gasteiger partial charge >= 0.3 is 6.18 Å². The maximum atomic E-state index is 12.6. The maximum absolute atomic E-state index is 12.6. The molecule has 0 aliphatic rings. The molecule has 0 bridgehead atoms. The number of likely N-dealkylation sites (N-methyl/N-ethyl adjacent to an activating group) is 1. The van der Waals surface area contributed by atoms with Crippen molar-refractivity contribution in [1.82, 2.24) is 10.3 Å². The highest BCUT2D eigenvalue weighted by molar-refractivity contribution is 5.81. The molecule has 0 saturated carbocycles. The number of anilines is 1. The lowest BCUT2D eigenvalue weighted by atomic mass is 10.2. The first-order valence-corrected chi connectivity index (χ1v) is 6.31. The van der Waals surface area contributed by atoms with Gasteiger partial charge in [-0.15, -0.1) is 0 Å². The second kappa shape index (κ2) is 6.58. The molecule has 0 spiro atoms. The molecule has 1 aromatic heterocycles. The van der Waals surface area contributed by atoms with Crippen molar-refractivity contribution in [3.05, 3.63) is 23.9 Å². The van der Waals surface area contributed by atoms with E-state index in [0.29, 0.717) is 6.54 Å². The van der Waals surface area contributed by atoms with Crippen LogP contribution in [0.2, 0.25) is 0 Å². The van der Waals surface area contributed by atoms with E-state index in [0.717, 1.165) is 18.3 Å². The van der Waals surface area contributed by atoms with Crippen molar-refractivity contribution in [1.29, 1.82) is 0 Å². The lowest BCUT2D eigenvalue weighted by molar-refractivity contribution is -0.137. The van der Waals surface area contributed by atoms with Crippen LogP contribution >= 0.6 is 0 Å². The minimum atomic E-state index is -4.42. The molecule has 0 aromatic carbocycles. The number of alkyl halides is 3. The van der Waals surface area contributed by atoms with Crippen LogP contribution in [0, 0.1) is 0 Å². The van der Waals surface area contributed by atoms with E-state index < -0.39 is 11.7 Å². The van der Waals surface area contributed by atoms with Gasteiger partial charge in [0.15, 0.2) is 0 Å². The minimum absolute atomic E-state index is 0.0179. The second-order valence-electron chi connectivity index (χ2n) is 4.64. The molecule has 1 rings (SSSR count). The number of hydrogen-bond donors (Lipinski definition) is 1. The lowest BCUT2D eigenvalue weighted by Crippen LogP contribution is -2.40. The number of nitrogens with one attached hydrogen (secondary N) is 1. The van der Waals surface area contributed by atoms with E-state index in [9.17, 15) is 18.0 Å². The number of aromatic nitrogens is 1. The monoisotopic (exact) mass is 289 g/mol. The highest BCUT2D eigenvalue weighted by atomic mass is 19.4. The summed E-state index contributed by atoms with van der Waals surface area (Å²) in [6.45, 7) is 5.75. The number of halogens is 3. The molecule has 1 aromatic rings. The van der Waals surface area contributed by atoms with Gasteiger partial charge in [-0.1, -0.05) is 0 Å². The molecule has 0 unspecified atom stereocenters. The Bertz CT molecular complexity index is 460. The number of carbonyl (C=O) groups excluding carboxylic acids is 1. The van der Waals surface area contributed by atoms with Crippen LogP contribution in [0.4, 0.5) is 19.0 Å². The fourth-order valence-corrected chi connectivity index (χ4v) is 1.66. The molecule has 112 valence electrons. The van der Waals surface area contributed by atoms with Crippen LogP contribution in [0.25, 0.3) is 0 Å². The molecular weight excluding hydrogens is 271 g/mol. The summed E-state index contributed by atoms with van der Waals surface area (Å²) in [6, 6.07) is 1.84. The fourth-order valence-electron chi connectivity index (χ4n) is 1.66. The number of carbonyl (C=O) groups is 1. The summed E-state index contributed by atoms with van der Waals surface area (Å²) in [7, 11) is 0. The third kappa shape index (κ3) is 4.71. The Kier molecular flexibility index (Phi) is 5.35. The summed E-state index contributed by atoms with van der Waals surface area (Å²) < 4.78 is 37.9. The van der Waals surface area contributed by atoms with Crippen molar-refractivity contribution >= 4 is 11.7 Å². The van der Waals surface area contributed by atoms with Crippen molar-refractivity contribution < 1.29 is 18.0 Å². The van der Waals surface area contributed by atoms with Gasteiger partial charge in [-0.3, -0.25) is 4.79 Å². The molecule has 0 saturated heterocycles. The van der Waals surface area contributed by atoms with E-state index in [1.807, 2.05) is 13.8 Å². The first-order chi connectivity index (χ1) is 9.24. The lowest BCUT2D eigenvalue weighted by Gasteiger charge is -2.22. The molecule has 7 heteroatoms. The molecule has 1 heterocycles. The Balaban J connectivity index is 2.87. The molecule has 0 fully saturated rings. The van der Waals surface area contributed by atoms with Crippen molar-refractivity contribution in [2.45, 2.75) is 33.0 Å². The van der Waals surface area contributed by atoms with Crippen molar-refractivity contribution in [3.63, 3.8) is 0 Å². The molecule has 1 N–H and O–H groups in total. The maximum Gasteiger partial charge on any atom is 0.416 e. The summed E-state index contributed by atoms with van der Waals surface area (Å²) >= 11 is 0. The van der Waals surface area contributed by atoms with E-state index in [2.05, 4.69) is 10.3 Å². The van der Waals surface area contributed by atoms with Gasteiger partial charge in [0.2, 0.25) is 5.91 Å². The first kappa shape index (κ1) is 16.3. The van der Waals surface area contributed by atoms with Gasteiger partial charge in [0.05, 0.1) is 12.1 Å². The van der Waals surface area contributed by atoms with Gasteiger partial charge in [-0.05, 0) is 32.9 Å². The highest BCUT2D eigenvalue weighted by Gasteiger charge is 2.31. The highest BCUT2D eigenvalue weighted by Crippen LogP contribution is 2.30. The Morgan fingerprint density at radius 3 is 2.60 bits per heavy atom. The first-order valence-electron chi connectivity index (χ1n) is 6.31. The van der Waals surface area contributed by atoms with Crippen LogP contribution < -0.4 is 10.2 Å². The van der Waals surface area contributed by atoms with E-state index in [1.54, 1.807) is 6.92 Å². The molecule has 0 aliphatic carbocycles. The van der Waals surface area contributed by atoms with Crippen molar-refractivity contribution in [2.24, 2.45) is 0 Å².